The van der Waals surface area contributed by atoms with Crippen LogP contribution in [-0.4, -0.2) is 30.4 Å². The third-order valence-electron chi connectivity index (χ3n) is 5.35. The van der Waals surface area contributed by atoms with Gasteiger partial charge in [-0.05, 0) is 55.2 Å². The minimum Gasteiger partial charge on any atom is -0.465 e. The zero-order valence-electron chi connectivity index (χ0n) is 15.8. The molecular formula is C21H24O5S. The molecule has 1 aromatic carbocycles. The molecule has 6 heteroatoms. The summed E-state index contributed by atoms with van der Waals surface area (Å²) in [5.74, 6) is -1.15. The van der Waals surface area contributed by atoms with Crippen LogP contribution in [0.3, 0.4) is 0 Å². The fourth-order valence-corrected chi connectivity index (χ4v) is 5.03. The van der Waals surface area contributed by atoms with Gasteiger partial charge in [0.1, 0.15) is 4.88 Å². The van der Waals surface area contributed by atoms with Crippen molar-refractivity contribution in [3.63, 3.8) is 0 Å². The van der Waals surface area contributed by atoms with Gasteiger partial charge in [-0.2, -0.15) is 0 Å². The summed E-state index contributed by atoms with van der Waals surface area (Å²) in [6.07, 6.45) is 1.34. The summed E-state index contributed by atoms with van der Waals surface area (Å²) in [7, 11) is 1.39. The molecular weight excluding hydrogens is 364 g/mol. The maximum absolute atomic E-state index is 11.7. The molecule has 27 heavy (non-hydrogen) atoms. The van der Waals surface area contributed by atoms with Crippen LogP contribution in [0.25, 0.3) is 0 Å². The van der Waals surface area contributed by atoms with Crippen molar-refractivity contribution in [2.75, 3.05) is 7.11 Å². The molecule has 0 bridgehead atoms. The van der Waals surface area contributed by atoms with E-state index >= 15 is 0 Å². The molecule has 4 rings (SSSR count). The summed E-state index contributed by atoms with van der Waals surface area (Å²) in [6, 6.07) is 8.09. The number of benzene rings is 1. The number of rotatable bonds is 3. The molecule has 144 valence electrons. The fourth-order valence-electron chi connectivity index (χ4n) is 4.08. The highest BCUT2D eigenvalue weighted by Gasteiger charge is 2.47. The molecule has 5 nitrogen and oxygen atoms in total. The van der Waals surface area contributed by atoms with Crippen LogP contribution in [0.1, 0.15) is 56.6 Å². The molecule has 2 aromatic rings. The zero-order valence-corrected chi connectivity index (χ0v) is 16.6. The summed E-state index contributed by atoms with van der Waals surface area (Å²) in [5, 5.41) is 10.3. The quantitative estimate of drug-likeness (QED) is 0.813. The first kappa shape index (κ1) is 18.6. The molecule has 0 amide bonds. The van der Waals surface area contributed by atoms with E-state index in [1.165, 1.54) is 29.6 Å². The minimum atomic E-state index is -0.846. The molecule has 1 spiro atoms. The van der Waals surface area contributed by atoms with E-state index in [2.05, 4.69) is 19.1 Å². The number of esters is 1. The van der Waals surface area contributed by atoms with Crippen molar-refractivity contribution in [3.05, 3.63) is 56.3 Å². The second-order valence-corrected chi connectivity index (χ2v) is 8.60. The van der Waals surface area contributed by atoms with Crippen LogP contribution >= 0.6 is 11.3 Å². The number of aliphatic hydroxyl groups excluding tert-OH is 1. The van der Waals surface area contributed by atoms with E-state index < -0.39 is 11.9 Å². The molecule has 1 fully saturated rings. The van der Waals surface area contributed by atoms with Gasteiger partial charge in [0.2, 0.25) is 0 Å². The van der Waals surface area contributed by atoms with E-state index in [1.54, 1.807) is 6.07 Å². The Morgan fingerprint density at radius 2 is 2.22 bits per heavy atom. The molecule has 2 aliphatic rings. The number of aryl methyl sites for hydroxylation is 1. The van der Waals surface area contributed by atoms with Crippen LogP contribution in [0.15, 0.2) is 24.3 Å². The first-order valence-corrected chi connectivity index (χ1v) is 10.0. The number of fused-ring (bicyclic) bond motifs is 2. The maximum atomic E-state index is 11.7. The summed E-state index contributed by atoms with van der Waals surface area (Å²) in [6.45, 7) is 4.57. The number of carbonyl (C=O) groups is 1. The van der Waals surface area contributed by atoms with Gasteiger partial charge in [-0.15, -0.1) is 11.3 Å². The number of carbonyl (C=O) groups excluding carboxylic acids is 1. The number of hydrogen-bond acceptors (Lipinski definition) is 6. The first-order valence-electron chi connectivity index (χ1n) is 9.20. The lowest BCUT2D eigenvalue weighted by molar-refractivity contribution is -0.295. The van der Waals surface area contributed by atoms with Gasteiger partial charge in [-0.25, -0.2) is 4.79 Å². The first-order chi connectivity index (χ1) is 12.9. The van der Waals surface area contributed by atoms with Gasteiger partial charge >= 0.3 is 5.97 Å². The van der Waals surface area contributed by atoms with E-state index in [0.717, 1.165) is 22.4 Å². The fraction of sp³-hybridized carbons (Fsp3) is 0.476. The molecule has 0 saturated carbocycles. The third kappa shape index (κ3) is 3.43. The van der Waals surface area contributed by atoms with Crippen LogP contribution in [0.4, 0.5) is 0 Å². The lowest BCUT2D eigenvalue weighted by Gasteiger charge is -2.39. The Morgan fingerprint density at radius 3 is 2.96 bits per heavy atom. The molecule has 3 heterocycles. The molecule has 1 N–H and O–H groups in total. The summed E-state index contributed by atoms with van der Waals surface area (Å²) in [4.78, 5) is 13.4. The van der Waals surface area contributed by atoms with Crippen molar-refractivity contribution in [2.45, 2.75) is 57.7 Å². The Kier molecular flexibility index (Phi) is 4.84. The van der Waals surface area contributed by atoms with Crippen LogP contribution < -0.4 is 0 Å². The maximum Gasteiger partial charge on any atom is 0.348 e. The standard InChI is InChI=1S/C21H24O5S/c1-12-6-15-11-25-21(10-16(22)7-13(2)26-21)18(15)9-14(12)8-17-4-5-19(27-17)20(23)24-3/h4-6,9,13,16,22H,7-8,10-11H2,1-3H3/t13?,16?,21-/m1/s1. The van der Waals surface area contributed by atoms with Gasteiger partial charge in [-0.3, -0.25) is 0 Å². The van der Waals surface area contributed by atoms with Gasteiger partial charge in [-0.1, -0.05) is 6.07 Å². The van der Waals surface area contributed by atoms with E-state index in [-0.39, 0.29) is 12.1 Å². The van der Waals surface area contributed by atoms with Crippen molar-refractivity contribution in [2.24, 2.45) is 0 Å². The van der Waals surface area contributed by atoms with Crippen LogP contribution in [-0.2, 0) is 33.0 Å². The van der Waals surface area contributed by atoms with Gasteiger partial charge in [0, 0.05) is 23.3 Å². The Hall–Kier alpha value is -1.73. The highest BCUT2D eigenvalue weighted by Crippen LogP contribution is 2.46. The largest absolute Gasteiger partial charge is 0.465 e. The van der Waals surface area contributed by atoms with Crippen molar-refractivity contribution in [1.29, 1.82) is 0 Å². The minimum absolute atomic E-state index is 0.0515. The third-order valence-corrected chi connectivity index (χ3v) is 6.41. The van der Waals surface area contributed by atoms with Crippen LogP contribution in [0.2, 0.25) is 0 Å². The van der Waals surface area contributed by atoms with Gasteiger partial charge in [0.15, 0.2) is 5.79 Å². The molecule has 0 radical (unpaired) electrons. The van der Waals surface area contributed by atoms with Crippen LogP contribution in [0, 0.1) is 6.92 Å². The number of ether oxygens (including phenoxy) is 3. The molecule has 2 unspecified atom stereocenters. The molecule has 3 atom stereocenters. The number of methoxy groups -OCH3 is 1. The topological polar surface area (TPSA) is 65.0 Å². The Bertz CT molecular complexity index is 861. The van der Waals surface area contributed by atoms with Crippen molar-refractivity contribution < 1.29 is 24.1 Å². The normalized spacial score (nSPS) is 27.0. The van der Waals surface area contributed by atoms with Crippen molar-refractivity contribution in [1.82, 2.24) is 0 Å². The monoisotopic (exact) mass is 388 g/mol. The molecule has 0 aliphatic carbocycles. The Labute approximate surface area is 162 Å². The van der Waals surface area contributed by atoms with Gasteiger partial charge in [0.05, 0.1) is 25.9 Å². The van der Waals surface area contributed by atoms with Gasteiger partial charge in [0.25, 0.3) is 0 Å². The molecule has 2 aliphatic heterocycles. The predicted octanol–water partition coefficient (Wildman–Crippen LogP) is 3.68. The van der Waals surface area contributed by atoms with E-state index in [9.17, 15) is 9.90 Å². The predicted molar refractivity (Wildman–Crippen MR) is 102 cm³/mol. The lowest BCUT2D eigenvalue weighted by atomic mass is 9.89. The second kappa shape index (κ2) is 7.02. The van der Waals surface area contributed by atoms with Gasteiger partial charge < -0.3 is 19.3 Å². The second-order valence-electron chi connectivity index (χ2n) is 7.43. The van der Waals surface area contributed by atoms with E-state index in [1.807, 2.05) is 13.0 Å². The zero-order chi connectivity index (χ0) is 19.2. The van der Waals surface area contributed by atoms with Crippen molar-refractivity contribution in [3.8, 4) is 0 Å². The Morgan fingerprint density at radius 1 is 1.41 bits per heavy atom. The number of thiophene rings is 1. The lowest BCUT2D eigenvalue weighted by Crippen LogP contribution is -2.43. The number of aliphatic hydroxyl groups is 1. The average Bonchev–Trinajstić information content (AvgIpc) is 3.20. The summed E-state index contributed by atoms with van der Waals surface area (Å²) >= 11 is 1.45. The summed E-state index contributed by atoms with van der Waals surface area (Å²) in [5.41, 5.74) is 4.51. The van der Waals surface area contributed by atoms with Crippen LogP contribution in [0.5, 0.6) is 0 Å². The number of hydrogen-bond donors (Lipinski definition) is 1. The van der Waals surface area contributed by atoms with E-state index in [4.69, 9.17) is 14.2 Å². The molecule has 1 aromatic heterocycles. The highest BCUT2D eigenvalue weighted by atomic mass is 32.1. The smallest absolute Gasteiger partial charge is 0.348 e. The highest BCUT2D eigenvalue weighted by molar-refractivity contribution is 7.13. The van der Waals surface area contributed by atoms with E-state index in [0.29, 0.717) is 24.3 Å². The Balaban J connectivity index is 1.65. The SMILES string of the molecule is COC(=O)c1ccc(Cc2cc3c(cc2C)CO[C@@]32CC(O)CC(C)O2)s1. The average molecular weight is 388 g/mol. The summed E-state index contributed by atoms with van der Waals surface area (Å²) < 4.78 is 17.0. The molecule has 1 saturated heterocycles. The van der Waals surface area contributed by atoms with Crippen molar-refractivity contribution >= 4 is 17.3 Å².